The first-order valence-corrected chi connectivity index (χ1v) is 8.44. The number of nitrogens with zero attached hydrogens (tertiary/aromatic N) is 1. The third-order valence-corrected chi connectivity index (χ3v) is 4.48. The highest BCUT2D eigenvalue weighted by Crippen LogP contribution is 2.29. The number of furan rings is 1. The van der Waals surface area contributed by atoms with Gasteiger partial charge in [0.1, 0.15) is 0 Å². The lowest BCUT2D eigenvalue weighted by atomic mass is 10.1. The van der Waals surface area contributed by atoms with Gasteiger partial charge in [0.2, 0.25) is 0 Å². The number of halogens is 2. The zero-order chi connectivity index (χ0) is 15.4. The molecule has 1 unspecified atom stereocenters. The van der Waals surface area contributed by atoms with Crippen LogP contribution in [0.2, 0.25) is 0 Å². The van der Waals surface area contributed by atoms with Gasteiger partial charge in [0.15, 0.2) is 10.4 Å². The second-order valence-electron chi connectivity index (χ2n) is 4.80. The van der Waals surface area contributed by atoms with Crippen molar-refractivity contribution in [1.29, 1.82) is 0 Å². The summed E-state index contributed by atoms with van der Waals surface area (Å²) in [6.07, 6.45) is 0.891. The Morgan fingerprint density at radius 2 is 1.95 bits per heavy atom. The van der Waals surface area contributed by atoms with E-state index in [0.29, 0.717) is 17.0 Å². The number of hydrogen-bond donors (Lipinski definition) is 0. The minimum atomic E-state index is -0.0918. The minimum Gasteiger partial charge on any atom is -0.444 e. The third kappa shape index (κ3) is 3.77. The molecule has 0 N–H and O–H groups in total. The van der Waals surface area contributed by atoms with Crippen molar-refractivity contribution in [2.75, 3.05) is 6.54 Å². The minimum absolute atomic E-state index is 0.0306. The Bertz CT molecular complexity index is 624. The zero-order valence-corrected chi connectivity index (χ0v) is 15.1. The third-order valence-electron chi connectivity index (χ3n) is 3.33. The number of benzene rings is 1. The van der Waals surface area contributed by atoms with Crippen molar-refractivity contribution >= 4 is 37.8 Å². The fourth-order valence-electron chi connectivity index (χ4n) is 2.26. The summed E-state index contributed by atoms with van der Waals surface area (Å²) in [6, 6.07) is 11.4. The van der Waals surface area contributed by atoms with Gasteiger partial charge in [-0.1, -0.05) is 41.1 Å². The molecule has 0 fully saturated rings. The Kier molecular flexibility index (Phi) is 5.65. The van der Waals surface area contributed by atoms with Crippen molar-refractivity contribution in [2.24, 2.45) is 0 Å². The van der Waals surface area contributed by atoms with Crippen LogP contribution >= 0.6 is 31.9 Å². The second-order valence-corrected chi connectivity index (χ2v) is 6.44. The molecule has 3 nitrogen and oxygen atoms in total. The number of amides is 1. The van der Waals surface area contributed by atoms with Gasteiger partial charge < -0.3 is 9.32 Å². The standard InChI is InChI=1S/C16H17Br2NO2/c1-3-10-19(16(20)14-8-9-15(18)21-14)11(2)12-6-4-5-7-13(12)17/h4-9,11H,3,10H2,1-2H3. The summed E-state index contributed by atoms with van der Waals surface area (Å²) in [4.78, 5) is 14.5. The summed E-state index contributed by atoms with van der Waals surface area (Å²) in [7, 11) is 0. The molecule has 112 valence electrons. The highest BCUT2D eigenvalue weighted by atomic mass is 79.9. The van der Waals surface area contributed by atoms with E-state index < -0.39 is 0 Å². The van der Waals surface area contributed by atoms with Crippen LogP contribution in [0.25, 0.3) is 0 Å². The van der Waals surface area contributed by atoms with E-state index in [9.17, 15) is 4.79 Å². The molecule has 0 saturated heterocycles. The van der Waals surface area contributed by atoms with Gasteiger partial charge in [0, 0.05) is 11.0 Å². The zero-order valence-electron chi connectivity index (χ0n) is 12.0. The van der Waals surface area contributed by atoms with E-state index in [2.05, 4.69) is 38.8 Å². The van der Waals surface area contributed by atoms with Gasteiger partial charge in [-0.3, -0.25) is 4.79 Å². The normalized spacial score (nSPS) is 12.2. The Morgan fingerprint density at radius 3 is 2.52 bits per heavy atom. The maximum absolute atomic E-state index is 12.7. The maximum atomic E-state index is 12.7. The van der Waals surface area contributed by atoms with Crippen molar-refractivity contribution in [3.05, 3.63) is 56.9 Å². The first-order chi connectivity index (χ1) is 10.0. The summed E-state index contributed by atoms with van der Waals surface area (Å²) in [5.41, 5.74) is 1.09. The molecule has 21 heavy (non-hydrogen) atoms. The van der Waals surface area contributed by atoms with Crippen molar-refractivity contribution in [1.82, 2.24) is 4.90 Å². The SMILES string of the molecule is CCCN(C(=O)c1ccc(Br)o1)C(C)c1ccccc1Br. The van der Waals surface area contributed by atoms with Gasteiger partial charge >= 0.3 is 0 Å². The molecule has 1 aromatic heterocycles. The van der Waals surface area contributed by atoms with Crippen LogP contribution in [0.1, 0.15) is 42.4 Å². The number of rotatable bonds is 5. The summed E-state index contributed by atoms with van der Waals surface area (Å²) >= 11 is 6.79. The summed E-state index contributed by atoms with van der Waals surface area (Å²) in [5.74, 6) is 0.264. The summed E-state index contributed by atoms with van der Waals surface area (Å²) in [6.45, 7) is 4.77. The molecule has 0 bridgehead atoms. The van der Waals surface area contributed by atoms with Gasteiger partial charge in [-0.2, -0.15) is 0 Å². The molecule has 5 heteroatoms. The summed E-state index contributed by atoms with van der Waals surface area (Å²) in [5, 5.41) is 0. The number of hydrogen-bond acceptors (Lipinski definition) is 2. The van der Waals surface area contributed by atoms with Crippen LogP contribution in [0.15, 0.2) is 50.0 Å². The highest BCUT2D eigenvalue weighted by Gasteiger charge is 2.25. The van der Waals surface area contributed by atoms with Gasteiger partial charge in [-0.15, -0.1) is 0 Å². The van der Waals surface area contributed by atoms with Crippen LogP contribution in [0, 0.1) is 0 Å². The van der Waals surface area contributed by atoms with Crippen LogP contribution < -0.4 is 0 Å². The van der Waals surface area contributed by atoms with E-state index >= 15 is 0 Å². The molecule has 0 spiro atoms. The fraction of sp³-hybridized carbons (Fsp3) is 0.312. The molecule has 0 radical (unpaired) electrons. The summed E-state index contributed by atoms with van der Waals surface area (Å²) < 4.78 is 6.97. The molecular formula is C16H17Br2NO2. The predicted octanol–water partition coefficient (Wildman–Crippen LogP) is 5.42. The lowest BCUT2D eigenvalue weighted by molar-refractivity contribution is 0.0656. The first kappa shape index (κ1) is 16.3. The molecule has 1 aromatic carbocycles. The van der Waals surface area contributed by atoms with E-state index in [-0.39, 0.29) is 11.9 Å². The molecule has 2 aromatic rings. The fourth-order valence-corrected chi connectivity index (χ4v) is 3.19. The molecule has 2 rings (SSSR count). The van der Waals surface area contributed by atoms with Crippen LogP contribution in [0.3, 0.4) is 0 Å². The average molecular weight is 415 g/mol. The Hall–Kier alpha value is -1.07. The molecule has 1 amide bonds. The van der Waals surface area contributed by atoms with Gasteiger partial charge in [-0.05, 0) is 53.0 Å². The smallest absolute Gasteiger partial charge is 0.290 e. The number of carbonyl (C=O) groups excluding carboxylic acids is 1. The lowest BCUT2D eigenvalue weighted by Crippen LogP contribution is -2.34. The Labute approximate surface area is 141 Å². The molecule has 1 atom stereocenters. The molecule has 0 aliphatic carbocycles. The quantitative estimate of drug-likeness (QED) is 0.654. The van der Waals surface area contributed by atoms with E-state index in [1.807, 2.05) is 36.1 Å². The maximum Gasteiger partial charge on any atom is 0.290 e. The van der Waals surface area contributed by atoms with Crippen molar-refractivity contribution < 1.29 is 9.21 Å². The Morgan fingerprint density at radius 1 is 1.24 bits per heavy atom. The lowest BCUT2D eigenvalue weighted by Gasteiger charge is -2.29. The van der Waals surface area contributed by atoms with Gasteiger partial charge in [0.25, 0.3) is 5.91 Å². The van der Waals surface area contributed by atoms with Crippen molar-refractivity contribution in [3.8, 4) is 0 Å². The van der Waals surface area contributed by atoms with Crippen LogP contribution in [-0.4, -0.2) is 17.4 Å². The largest absolute Gasteiger partial charge is 0.444 e. The topological polar surface area (TPSA) is 33.5 Å². The second kappa shape index (κ2) is 7.27. The molecular weight excluding hydrogens is 398 g/mol. The first-order valence-electron chi connectivity index (χ1n) is 6.85. The van der Waals surface area contributed by atoms with Gasteiger partial charge in [0.05, 0.1) is 6.04 Å². The van der Waals surface area contributed by atoms with Gasteiger partial charge in [-0.25, -0.2) is 0 Å². The van der Waals surface area contributed by atoms with Crippen LogP contribution in [0.4, 0.5) is 0 Å². The molecule has 1 heterocycles. The monoisotopic (exact) mass is 413 g/mol. The van der Waals surface area contributed by atoms with E-state index in [0.717, 1.165) is 16.5 Å². The van der Waals surface area contributed by atoms with E-state index in [1.54, 1.807) is 12.1 Å². The average Bonchev–Trinajstić information content (AvgIpc) is 2.90. The highest BCUT2D eigenvalue weighted by molar-refractivity contribution is 9.10. The molecule has 0 aliphatic heterocycles. The predicted molar refractivity (Wildman–Crippen MR) is 90.3 cm³/mol. The Balaban J connectivity index is 2.30. The van der Waals surface area contributed by atoms with Crippen LogP contribution in [0.5, 0.6) is 0 Å². The molecule has 0 saturated carbocycles. The van der Waals surface area contributed by atoms with Crippen LogP contribution in [-0.2, 0) is 0 Å². The van der Waals surface area contributed by atoms with E-state index in [1.165, 1.54) is 0 Å². The van der Waals surface area contributed by atoms with Crippen molar-refractivity contribution in [2.45, 2.75) is 26.3 Å². The molecule has 0 aliphatic rings. The number of carbonyl (C=O) groups is 1. The van der Waals surface area contributed by atoms with E-state index in [4.69, 9.17) is 4.42 Å². The van der Waals surface area contributed by atoms with Crippen molar-refractivity contribution in [3.63, 3.8) is 0 Å².